The van der Waals surface area contributed by atoms with Crippen LogP contribution < -0.4 is 0 Å². The molecule has 118 valence electrons. The summed E-state index contributed by atoms with van der Waals surface area (Å²) in [5, 5.41) is 11.8. The lowest BCUT2D eigenvalue weighted by atomic mass is 10.0. The molecule has 2 aromatic carbocycles. The van der Waals surface area contributed by atoms with Gasteiger partial charge in [-0.25, -0.2) is 12.4 Å². The molecule has 6 nitrogen and oxygen atoms in total. The minimum Gasteiger partial charge on any atom is -0.258 e. The van der Waals surface area contributed by atoms with Crippen LogP contribution in [0.4, 0.5) is 5.69 Å². The Morgan fingerprint density at radius 1 is 1.17 bits per heavy atom. The third-order valence-corrected chi connectivity index (χ3v) is 4.95. The van der Waals surface area contributed by atoms with Crippen molar-refractivity contribution in [1.29, 1.82) is 0 Å². The normalized spacial score (nSPS) is 11.7. The maximum atomic E-state index is 11.8. The summed E-state index contributed by atoms with van der Waals surface area (Å²) in [7, 11) is -3.42. The summed E-state index contributed by atoms with van der Waals surface area (Å²) in [6.45, 7) is 0. The van der Waals surface area contributed by atoms with Crippen molar-refractivity contribution in [1.82, 2.24) is 3.97 Å². The molecule has 0 bridgehead atoms. The second-order valence-electron chi connectivity index (χ2n) is 5.07. The van der Waals surface area contributed by atoms with E-state index in [1.807, 2.05) is 0 Å². The molecule has 0 N–H and O–H groups in total. The first kappa shape index (κ1) is 15.7. The summed E-state index contributed by atoms with van der Waals surface area (Å²) in [5.41, 5.74) is 1.87. The fourth-order valence-electron chi connectivity index (χ4n) is 2.52. The number of hydrogen-bond donors (Lipinski definition) is 0. The molecule has 1 aromatic heterocycles. The first-order chi connectivity index (χ1) is 10.8. The average Bonchev–Trinajstić information content (AvgIpc) is 2.90. The molecule has 0 saturated heterocycles. The molecule has 0 fully saturated rings. The van der Waals surface area contributed by atoms with Crippen LogP contribution in [0.1, 0.15) is 0 Å². The molecule has 0 spiro atoms. The lowest BCUT2D eigenvalue weighted by Crippen LogP contribution is -2.07. The van der Waals surface area contributed by atoms with E-state index >= 15 is 0 Å². The summed E-state index contributed by atoms with van der Waals surface area (Å²) >= 11 is 3.27. The van der Waals surface area contributed by atoms with E-state index in [9.17, 15) is 18.5 Å². The highest BCUT2D eigenvalue weighted by atomic mass is 79.9. The number of benzene rings is 2. The highest BCUT2D eigenvalue weighted by Crippen LogP contribution is 2.34. The van der Waals surface area contributed by atoms with Crippen molar-refractivity contribution in [3.8, 4) is 11.1 Å². The smallest absolute Gasteiger partial charge is 0.258 e. The first-order valence-electron chi connectivity index (χ1n) is 6.53. The molecule has 0 atom stereocenters. The molecule has 8 heteroatoms. The summed E-state index contributed by atoms with van der Waals surface area (Å²) in [6, 6.07) is 11.6. The monoisotopic (exact) mass is 394 g/mol. The van der Waals surface area contributed by atoms with Gasteiger partial charge in [-0.3, -0.25) is 10.1 Å². The number of rotatable bonds is 3. The Kier molecular flexibility index (Phi) is 3.73. The topological polar surface area (TPSA) is 82.2 Å². The molecular weight excluding hydrogens is 384 g/mol. The average molecular weight is 395 g/mol. The Labute approximate surface area is 140 Å². The van der Waals surface area contributed by atoms with Crippen molar-refractivity contribution >= 4 is 42.5 Å². The van der Waals surface area contributed by atoms with Gasteiger partial charge in [-0.2, -0.15) is 0 Å². The van der Waals surface area contributed by atoms with E-state index in [0.29, 0.717) is 20.9 Å². The van der Waals surface area contributed by atoms with Crippen LogP contribution in [0.5, 0.6) is 0 Å². The van der Waals surface area contributed by atoms with E-state index < -0.39 is 14.9 Å². The van der Waals surface area contributed by atoms with E-state index in [1.165, 1.54) is 22.3 Å². The number of hydrogen-bond acceptors (Lipinski definition) is 4. The Morgan fingerprint density at radius 3 is 2.57 bits per heavy atom. The molecule has 0 radical (unpaired) electrons. The van der Waals surface area contributed by atoms with Crippen LogP contribution in [0.25, 0.3) is 22.0 Å². The maximum absolute atomic E-state index is 11.8. The number of nitrogens with zero attached hydrogens (tertiary/aromatic N) is 2. The van der Waals surface area contributed by atoms with E-state index in [1.54, 1.807) is 30.3 Å². The Balaban J connectivity index is 2.30. The van der Waals surface area contributed by atoms with Gasteiger partial charge in [0.2, 0.25) is 10.0 Å². The number of nitro benzene ring substituents is 1. The van der Waals surface area contributed by atoms with Gasteiger partial charge in [0.05, 0.1) is 16.7 Å². The van der Waals surface area contributed by atoms with Crippen LogP contribution in [-0.2, 0) is 10.0 Å². The van der Waals surface area contributed by atoms with Crippen molar-refractivity contribution in [3.05, 3.63) is 63.2 Å². The van der Waals surface area contributed by atoms with Gasteiger partial charge in [0.1, 0.15) is 0 Å². The summed E-state index contributed by atoms with van der Waals surface area (Å²) in [6.07, 6.45) is 2.61. The predicted octanol–water partition coefficient (Wildman–Crippen LogP) is 3.79. The fraction of sp³-hybridized carbons (Fsp3) is 0.0667. The van der Waals surface area contributed by atoms with Gasteiger partial charge in [0.15, 0.2) is 0 Å². The molecule has 1 heterocycles. The van der Waals surface area contributed by atoms with Gasteiger partial charge >= 0.3 is 0 Å². The van der Waals surface area contributed by atoms with Crippen molar-refractivity contribution in [3.63, 3.8) is 0 Å². The molecule has 23 heavy (non-hydrogen) atoms. The summed E-state index contributed by atoms with van der Waals surface area (Å²) in [4.78, 5) is 10.6. The van der Waals surface area contributed by atoms with E-state index in [-0.39, 0.29) is 5.69 Å². The molecule has 0 aliphatic carbocycles. The Morgan fingerprint density at radius 2 is 1.91 bits per heavy atom. The van der Waals surface area contributed by atoms with Gasteiger partial charge in [0.25, 0.3) is 5.69 Å². The third kappa shape index (κ3) is 2.87. The van der Waals surface area contributed by atoms with Crippen LogP contribution in [0.15, 0.2) is 53.1 Å². The lowest BCUT2D eigenvalue weighted by Gasteiger charge is -2.07. The number of aromatic nitrogens is 1. The molecule has 0 aliphatic rings. The van der Waals surface area contributed by atoms with Crippen molar-refractivity contribution in [2.75, 3.05) is 6.26 Å². The molecular formula is C15H11BrN2O4S. The Bertz CT molecular complexity index is 1040. The van der Waals surface area contributed by atoms with E-state index in [0.717, 1.165) is 11.8 Å². The van der Waals surface area contributed by atoms with Crippen LogP contribution in [0.3, 0.4) is 0 Å². The van der Waals surface area contributed by atoms with Crippen LogP contribution >= 0.6 is 15.9 Å². The number of fused-ring (bicyclic) bond motifs is 1. The predicted molar refractivity (Wildman–Crippen MR) is 92.0 cm³/mol. The van der Waals surface area contributed by atoms with Crippen LogP contribution in [0.2, 0.25) is 0 Å². The van der Waals surface area contributed by atoms with Gasteiger partial charge in [-0.15, -0.1) is 0 Å². The summed E-state index contributed by atoms with van der Waals surface area (Å²) in [5.74, 6) is 0. The number of nitro groups is 1. The molecule has 0 unspecified atom stereocenters. The highest BCUT2D eigenvalue weighted by molar-refractivity contribution is 9.10. The largest absolute Gasteiger partial charge is 0.271 e. The lowest BCUT2D eigenvalue weighted by molar-refractivity contribution is -0.384. The highest BCUT2D eigenvalue weighted by Gasteiger charge is 2.15. The fourth-order valence-corrected chi connectivity index (χ4v) is 3.80. The SMILES string of the molecule is CS(=O)(=O)n1ccc2c(-c3cc(Br)cc([N+](=O)[O-])c3)cccc21. The Hall–Kier alpha value is -2.19. The minimum absolute atomic E-state index is 0.0334. The zero-order chi connectivity index (χ0) is 16.8. The molecule has 0 saturated carbocycles. The maximum Gasteiger partial charge on any atom is 0.271 e. The molecule has 3 aromatic rings. The molecule has 0 amide bonds. The van der Waals surface area contributed by atoms with Crippen LogP contribution in [0, 0.1) is 10.1 Å². The zero-order valence-corrected chi connectivity index (χ0v) is 14.3. The zero-order valence-electron chi connectivity index (χ0n) is 11.9. The van der Waals surface area contributed by atoms with Gasteiger partial charge in [-0.1, -0.05) is 28.1 Å². The first-order valence-corrected chi connectivity index (χ1v) is 9.17. The van der Waals surface area contributed by atoms with Gasteiger partial charge in [-0.05, 0) is 29.3 Å². The molecule has 3 rings (SSSR count). The molecule has 0 aliphatic heterocycles. The van der Waals surface area contributed by atoms with Gasteiger partial charge < -0.3 is 0 Å². The second-order valence-corrected chi connectivity index (χ2v) is 7.84. The summed E-state index contributed by atoms with van der Waals surface area (Å²) < 4.78 is 25.4. The minimum atomic E-state index is -3.42. The van der Waals surface area contributed by atoms with Crippen molar-refractivity contribution in [2.24, 2.45) is 0 Å². The quantitative estimate of drug-likeness (QED) is 0.499. The number of non-ortho nitro benzene ring substituents is 1. The second kappa shape index (κ2) is 5.47. The van der Waals surface area contributed by atoms with E-state index in [4.69, 9.17) is 0 Å². The van der Waals surface area contributed by atoms with Crippen molar-refractivity contribution < 1.29 is 13.3 Å². The van der Waals surface area contributed by atoms with E-state index in [2.05, 4.69) is 15.9 Å². The van der Waals surface area contributed by atoms with Crippen molar-refractivity contribution in [2.45, 2.75) is 0 Å². The third-order valence-electron chi connectivity index (χ3n) is 3.46. The number of halogens is 1. The standard InChI is InChI=1S/C15H11BrN2O4S/c1-23(21,22)17-6-5-14-13(3-2-4-15(14)17)10-7-11(16)9-12(8-10)18(19)20/h2-9H,1H3. The van der Waals surface area contributed by atoms with Crippen LogP contribution in [-0.4, -0.2) is 23.6 Å². The van der Waals surface area contributed by atoms with Gasteiger partial charge in [0, 0.05) is 28.2 Å².